The lowest BCUT2D eigenvalue weighted by atomic mass is 9.98. The van der Waals surface area contributed by atoms with Gasteiger partial charge in [0.15, 0.2) is 6.61 Å². The highest BCUT2D eigenvalue weighted by Crippen LogP contribution is 2.37. The number of hydrogen-bond donors (Lipinski definition) is 3. The molecule has 0 radical (unpaired) electrons. The molecule has 10 nitrogen and oxygen atoms in total. The van der Waals surface area contributed by atoms with Gasteiger partial charge in [0.1, 0.15) is 5.75 Å². The largest absolute Gasteiger partial charge is 0.482 e. The first-order valence-electron chi connectivity index (χ1n) is 16.2. The molecule has 0 unspecified atom stereocenters. The zero-order chi connectivity index (χ0) is 32.2. The summed E-state index contributed by atoms with van der Waals surface area (Å²) in [5, 5.41) is 5.78. The lowest BCUT2D eigenvalue weighted by Gasteiger charge is -2.30. The van der Waals surface area contributed by atoms with Crippen LogP contribution in [0.5, 0.6) is 5.75 Å². The fourth-order valence-corrected chi connectivity index (χ4v) is 6.24. The highest BCUT2D eigenvalue weighted by Gasteiger charge is 2.37. The van der Waals surface area contributed by atoms with Crippen molar-refractivity contribution in [3.8, 4) is 5.75 Å². The van der Waals surface area contributed by atoms with Gasteiger partial charge in [-0.05, 0) is 105 Å². The van der Waals surface area contributed by atoms with Crippen LogP contribution < -0.4 is 21.1 Å². The molecular weight excluding hydrogens is 618 g/mol. The summed E-state index contributed by atoms with van der Waals surface area (Å²) < 4.78 is 5.53. The Labute approximate surface area is 281 Å². The number of unbranched alkanes of at least 4 members (excludes halogenated alkanes) is 2. The van der Waals surface area contributed by atoms with Crippen LogP contribution in [0.2, 0.25) is 0 Å². The van der Waals surface area contributed by atoms with E-state index >= 15 is 0 Å². The van der Waals surface area contributed by atoms with Gasteiger partial charge in [0.2, 0.25) is 5.91 Å². The van der Waals surface area contributed by atoms with E-state index in [2.05, 4.69) is 10.6 Å². The number of carbonyl (C=O) groups excluding carboxylic acids is 4. The first kappa shape index (κ1) is 33.9. The number of anilines is 2. The maximum Gasteiger partial charge on any atom is 0.262 e. The minimum absolute atomic E-state index is 0. The van der Waals surface area contributed by atoms with Crippen molar-refractivity contribution in [1.82, 2.24) is 9.80 Å². The molecule has 6 rings (SSSR count). The van der Waals surface area contributed by atoms with E-state index in [9.17, 15) is 19.2 Å². The molecule has 1 saturated carbocycles. The molecule has 47 heavy (non-hydrogen) atoms. The number of benzene rings is 3. The molecule has 0 saturated heterocycles. The van der Waals surface area contributed by atoms with E-state index in [-0.39, 0.29) is 54.7 Å². The van der Waals surface area contributed by atoms with Crippen LogP contribution in [0.4, 0.5) is 11.4 Å². The van der Waals surface area contributed by atoms with E-state index in [1.165, 1.54) is 0 Å². The van der Waals surface area contributed by atoms with Gasteiger partial charge in [0.05, 0.1) is 11.7 Å². The van der Waals surface area contributed by atoms with Crippen LogP contribution in [0, 0.1) is 0 Å². The Morgan fingerprint density at radius 2 is 1.77 bits per heavy atom. The number of ether oxygens (including phenoxy) is 1. The van der Waals surface area contributed by atoms with Crippen molar-refractivity contribution in [2.75, 3.05) is 30.3 Å². The van der Waals surface area contributed by atoms with Crippen molar-refractivity contribution < 1.29 is 23.9 Å². The summed E-state index contributed by atoms with van der Waals surface area (Å²) in [4.78, 5) is 54.9. The summed E-state index contributed by atoms with van der Waals surface area (Å²) in [7, 11) is 0. The molecule has 1 aliphatic carbocycles. The molecule has 3 aliphatic rings. The van der Waals surface area contributed by atoms with Crippen LogP contribution in [0.25, 0.3) is 0 Å². The summed E-state index contributed by atoms with van der Waals surface area (Å²) in [6, 6.07) is 18.3. The standard InChI is InChI=1S/C36H41N5O5.ClH/c1-23(41(30-13-14-30)36(45)27-11-15-31-32(20-27)46-22-33(42)39-31)24-6-8-25(9-7-24)35(44)38-29-12-10-28-21-40(18-16-26(28)19-29)34(43)5-3-2-4-17-37;/h6-12,15,19-20,23,30H,2-5,13-14,16-18,21-22,37H2,1H3,(H,38,44)(H,39,42);1H/t23-;/m0./s1. The van der Waals surface area contributed by atoms with Crippen molar-refractivity contribution in [1.29, 1.82) is 0 Å². The van der Waals surface area contributed by atoms with Gasteiger partial charge in [0.25, 0.3) is 17.7 Å². The zero-order valence-electron chi connectivity index (χ0n) is 26.6. The maximum absolute atomic E-state index is 13.7. The van der Waals surface area contributed by atoms with Crippen LogP contribution in [-0.2, 0) is 22.6 Å². The molecule has 0 spiro atoms. The molecular formula is C36H42ClN5O5. The SMILES string of the molecule is C[C@@H](c1ccc(C(=O)Nc2ccc3c(c2)CCN(C(=O)CCCCCN)C3)cc1)N(C(=O)c1ccc2c(c1)OCC(=O)N2)C1CC1.Cl. The van der Waals surface area contributed by atoms with Crippen LogP contribution in [0.15, 0.2) is 60.7 Å². The molecule has 11 heteroatoms. The Hall–Kier alpha value is -4.41. The Morgan fingerprint density at radius 1 is 1.00 bits per heavy atom. The molecule has 4 amide bonds. The fourth-order valence-electron chi connectivity index (χ4n) is 6.24. The average Bonchev–Trinajstić information content (AvgIpc) is 3.91. The van der Waals surface area contributed by atoms with E-state index in [1.807, 2.05) is 47.1 Å². The smallest absolute Gasteiger partial charge is 0.262 e. The van der Waals surface area contributed by atoms with Crippen molar-refractivity contribution in [3.05, 3.63) is 88.5 Å². The highest BCUT2D eigenvalue weighted by molar-refractivity contribution is 6.04. The second-order valence-corrected chi connectivity index (χ2v) is 12.4. The number of amides is 4. The van der Waals surface area contributed by atoms with Crippen molar-refractivity contribution in [2.45, 2.75) is 70.5 Å². The predicted molar refractivity (Wildman–Crippen MR) is 183 cm³/mol. The number of fused-ring (bicyclic) bond motifs is 2. The molecule has 0 aromatic heterocycles. The van der Waals surface area contributed by atoms with Crippen molar-refractivity contribution in [3.63, 3.8) is 0 Å². The molecule has 248 valence electrons. The number of hydrogen-bond acceptors (Lipinski definition) is 6. The molecule has 4 N–H and O–H groups in total. The van der Waals surface area contributed by atoms with Gasteiger partial charge < -0.3 is 30.9 Å². The number of nitrogens with two attached hydrogens (primary N) is 1. The van der Waals surface area contributed by atoms with Gasteiger partial charge in [-0.25, -0.2) is 0 Å². The molecule has 3 aromatic carbocycles. The summed E-state index contributed by atoms with van der Waals surface area (Å²) in [6.07, 6.45) is 6.00. The van der Waals surface area contributed by atoms with Gasteiger partial charge >= 0.3 is 0 Å². The van der Waals surface area contributed by atoms with Crippen molar-refractivity contribution in [2.24, 2.45) is 5.73 Å². The Kier molecular flexibility index (Phi) is 10.8. The summed E-state index contributed by atoms with van der Waals surface area (Å²) in [6.45, 7) is 3.87. The monoisotopic (exact) mass is 659 g/mol. The highest BCUT2D eigenvalue weighted by atomic mass is 35.5. The van der Waals surface area contributed by atoms with Gasteiger partial charge in [-0.15, -0.1) is 12.4 Å². The first-order valence-corrected chi connectivity index (χ1v) is 16.2. The first-order chi connectivity index (χ1) is 22.3. The third-order valence-corrected chi connectivity index (χ3v) is 9.03. The van der Waals surface area contributed by atoms with Crippen molar-refractivity contribution >= 4 is 47.4 Å². The van der Waals surface area contributed by atoms with Gasteiger partial charge in [-0.2, -0.15) is 0 Å². The van der Waals surface area contributed by atoms with Crippen LogP contribution in [-0.4, -0.2) is 59.2 Å². The molecule has 1 atom stereocenters. The number of nitrogens with one attached hydrogen (secondary N) is 2. The Bertz CT molecular complexity index is 1640. The zero-order valence-corrected chi connectivity index (χ0v) is 27.4. The third kappa shape index (κ3) is 7.94. The summed E-state index contributed by atoms with van der Waals surface area (Å²) >= 11 is 0. The summed E-state index contributed by atoms with van der Waals surface area (Å²) in [5.41, 5.74) is 11.1. The molecule has 3 aromatic rings. The molecule has 2 heterocycles. The van der Waals surface area contributed by atoms with Crippen LogP contribution in [0.3, 0.4) is 0 Å². The Morgan fingerprint density at radius 3 is 2.51 bits per heavy atom. The Balaban J connectivity index is 0.00000433. The number of rotatable bonds is 11. The quantitative estimate of drug-likeness (QED) is 0.234. The van der Waals surface area contributed by atoms with E-state index in [4.69, 9.17) is 10.5 Å². The average molecular weight is 660 g/mol. The lowest BCUT2D eigenvalue weighted by molar-refractivity contribution is -0.132. The summed E-state index contributed by atoms with van der Waals surface area (Å²) in [5.74, 6) is 0.158. The van der Waals surface area contributed by atoms with E-state index in [0.29, 0.717) is 48.6 Å². The lowest BCUT2D eigenvalue weighted by Crippen LogP contribution is -2.36. The van der Waals surface area contributed by atoms with E-state index < -0.39 is 0 Å². The number of nitrogens with zero attached hydrogens (tertiary/aromatic N) is 2. The predicted octanol–water partition coefficient (Wildman–Crippen LogP) is 5.46. The topological polar surface area (TPSA) is 134 Å². The van der Waals surface area contributed by atoms with E-state index in [0.717, 1.165) is 60.9 Å². The molecule has 1 fully saturated rings. The van der Waals surface area contributed by atoms with Crippen LogP contribution >= 0.6 is 12.4 Å². The fraction of sp³-hybridized carbons (Fsp3) is 0.389. The normalized spacial score (nSPS) is 15.6. The second-order valence-electron chi connectivity index (χ2n) is 12.4. The minimum Gasteiger partial charge on any atom is -0.482 e. The third-order valence-electron chi connectivity index (χ3n) is 9.03. The van der Waals surface area contributed by atoms with Crippen LogP contribution in [0.1, 0.15) is 88.9 Å². The van der Waals surface area contributed by atoms with Gasteiger partial charge in [-0.3, -0.25) is 19.2 Å². The number of carbonyl (C=O) groups is 4. The minimum atomic E-state index is -0.217. The van der Waals surface area contributed by atoms with Gasteiger partial charge in [0, 0.05) is 42.4 Å². The van der Waals surface area contributed by atoms with E-state index in [1.54, 1.807) is 30.3 Å². The van der Waals surface area contributed by atoms with Gasteiger partial charge in [-0.1, -0.05) is 24.6 Å². The second kappa shape index (κ2) is 15.0. The molecule has 0 bridgehead atoms. The maximum atomic E-state index is 13.7. The molecule has 2 aliphatic heterocycles. The number of halogens is 1.